The van der Waals surface area contributed by atoms with Crippen LogP contribution in [0.25, 0.3) is 0 Å². The summed E-state index contributed by atoms with van der Waals surface area (Å²) in [6, 6.07) is 4.94. The van der Waals surface area contributed by atoms with Crippen LogP contribution in [0.5, 0.6) is 0 Å². The minimum Gasteiger partial charge on any atom is -0.379 e. The van der Waals surface area contributed by atoms with Crippen LogP contribution in [0.2, 0.25) is 0 Å². The molecule has 0 amide bonds. The van der Waals surface area contributed by atoms with Crippen molar-refractivity contribution in [1.29, 1.82) is 0 Å². The molecular weight excluding hydrogens is 260 g/mol. The number of anilines is 1. The third-order valence-corrected chi connectivity index (χ3v) is 2.93. The standard InChI is InChI=1S/C10H11BrN2O2/c11-8-3-4-10(13(14)15)9(5-8)12-6-7-1-2-7/h3-5,7,12H,1-2,6H2. The lowest BCUT2D eigenvalue weighted by atomic mass is 10.2. The van der Waals surface area contributed by atoms with E-state index in [1.54, 1.807) is 12.1 Å². The molecule has 1 aliphatic carbocycles. The summed E-state index contributed by atoms with van der Waals surface area (Å²) in [4.78, 5) is 10.4. The Balaban J connectivity index is 2.16. The van der Waals surface area contributed by atoms with E-state index in [0.29, 0.717) is 11.6 Å². The van der Waals surface area contributed by atoms with Gasteiger partial charge < -0.3 is 5.32 Å². The SMILES string of the molecule is O=[N+]([O-])c1ccc(Br)cc1NCC1CC1. The van der Waals surface area contributed by atoms with Gasteiger partial charge in [-0.3, -0.25) is 10.1 Å². The highest BCUT2D eigenvalue weighted by molar-refractivity contribution is 9.10. The Labute approximate surface area is 96.0 Å². The maximum Gasteiger partial charge on any atom is 0.292 e. The summed E-state index contributed by atoms with van der Waals surface area (Å²) >= 11 is 3.31. The first-order chi connectivity index (χ1) is 7.16. The maximum absolute atomic E-state index is 10.7. The zero-order chi connectivity index (χ0) is 10.8. The normalized spacial score (nSPS) is 15.0. The highest BCUT2D eigenvalue weighted by Gasteiger charge is 2.22. The maximum atomic E-state index is 10.7. The second-order valence-electron chi connectivity index (χ2n) is 3.74. The number of rotatable bonds is 4. The first-order valence-electron chi connectivity index (χ1n) is 4.84. The van der Waals surface area contributed by atoms with E-state index in [0.717, 1.165) is 11.0 Å². The van der Waals surface area contributed by atoms with Gasteiger partial charge in [-0.25, -0.2) is 0 Å². The van der Waals surface area contributed by atoms with Crippen LogP contribution >= 0.6 is 15.9 Å². The van der Waals surface area contributed by atoms with Crippen molar-refractivity contribution >= 4 is 27.3 Å². The van der Waals surface area contributed by atoms with Crippen LogP contribution in [0.3, 0.4) is 0 Å². The predicted octanol–water partition coefficient (Wildman–Crippen LogP) is 3.18. The molecule has 0 spiro atoms. The second kappa shape index (κ2) is 4.18. The molecule has 1 aliphatic rings. The molecule has 2 rings (SSSR count). The lowest BCUT2D eigenvalue weighted by molar-refractivity contribution is -0.384. The quantitative estimate of drug-likeness (QED) is 0.675. The first kappa shape index (κ1) is 10.4. The van der Waals surface area contributed by atoms with E-state index in [9.17, 15) is 10.1 Å². The average molecular weight is 271 g/mol. The van der Waals surface area contributed by atoms with Crippen molar-refractivity contribution in [1.82, 2.24) is 0 Å². The summed E-state index contributed by atoms with van der Waals surface area (Å²) in [6.45, 7) is 0.831. The minimum absolute atomic E-state index is 0.138. The van der Waals surface area contributed by atoms with Crippen LogP contribution in [0.4, 0.5) is 11.4 Å². The van der Waals surface area contributed by atoms with E-state index in [4.69, 9.17) is 0 Å². The third-order valence-electron chi connectivity index (χ3n) is 2.43. The molecule has 0 aliphatic heterocycles. The fourth-order valence-electron chi connectivity index (χ4n) is 1.39. The summed E-state index contributed by atoms with van der Waals surface area (Å²) < 4.78 is 0.853. The summed E-state index contributed by atoms with van der Waals surface area (Å²) in [5.74, 6) is 0.698. The topological polar surface area (TPSA) is 55.2 Å². The van der Waals surface area contributed by atoms with E-state index in [1.165, 1.54) is 18.9 Å². The Morgan fingerprint density at radius 1 is 1.53 bits per heavy atom. The number of nitro benzene ring substituents is 1. The molecule has 1 N–H and O–H groups in total. The Morgan fingerprint density at radius 3 is 2.87 bits per heavy atom. The van der Waals surface area contributed by atoms with E-state index < -0.39 is 0 Å². The average Bonchev–Trinajstić information content (AvgIpc) is 2.97. The third kappa shape index (κ3) is 2.68. The Hall–Kier alpha value is -1.10. The fourth-order valence-corrected chi connectivity index (χ4v) is 1.75. The van der Waals surface area contributed by atoms with Crippen LogP contribution in [0.1, 0.15) is 12.8 Å². The number of nitrogens with zero attached hydrogens (tertiary/aromatic N) is 1. The zero-order valence-electron chi connectivity index (χ0n) is 8.07. The first-order valence-corrected chi connectivity index (χ1v) is 5.64. The van der Waals surface area contributed by atoms with Crippen molar-refractivity contribution in [2.45, 2.75) is 12.8 Å². The van der Waals surface area contributed by atoms with Crippen molar-refractivity contribution in [3.8, 4) is 0 Å². The summed E-state index contributed by atoms with van der Waals surface area (Å²) in [5, 5.41) is 13.9. The van der Waals surface area contributed by atoms with Crippen LogP contribution < -0.4 is 5.32 Å². The highest BCUT2D eigenvalue weighted by atomic mass is 79.9. The predicted molar refractivity (Wildman–Crippen MR) is 62.0 cm³/mol. The number of benzene rings is 1. The van der Waals surface area contributed by atoms with Crippen molar-refractivity contribution in [2.24, 2.45) is 5.92 Å². The van der Waals surface area contributed by atoms with Gasteiger partial charge >= 0.3 is 0 Å². The molecule has 1 aromatic rings. The second-order valence-corrected chi connectivity index (χ2v) is 4.66. The summed E-state index contributed by atoms with van der Waals surface area (Å²) in [5.41, 5.74) is 0.736. The van der Waals surface area contributed by atoms with Gasteiger partial charge in [-0.15, -0.1) is 0 Å². The molecule has 15 heavy (non-hydrogen) atoms. The summed E-state index contributed by atoms with van der Waals surface area (Å²) in [6.07, 6.45) is 2.46. The van der Waals surface area contributed by atoms with E-state index in [1.807, 2.05) is 0 Å². The van der Waals surface area contributed by atoms with Gasteiger partial charge in [0.25, 0.3) is 5.69 Å². The number of nitrogens with one attached hydrogen (secondary N) is 1. The van der Waals surface area contributed by atoms with Crippen molar-refractivity contribution in [3.05, 3.63) is 32.8 Å². The molecule has 1 saturated carbocycles. The van der Waals surface area contributed by atoms with Gasteiger partial charge in [-0.2, -0.15) is 0 Å². The Kier molecular flexibility index (Phi) is 2.90. The van der Waals surface area contributed by atoms with Crippen molar-refractivity contribution in [2.75, 3.05) is 11.9 Å². The lowest BCUT2D eigenvalue weighted by Crippen LogP contribution is -2.05. The van der Waals surface area contributed by atoms with Gasteiger partial charge in [0.1, 0.15) is 5.69 Å². The van der Waals surface area contributed by atoms with Crippen LogP contribution in [-0.2, 0) is 0 Å². The van der Waals surface area contributed by atoms with E-state index in [-0.39, 0.29) is 10.6 Å². The molecular formula is C10H11BrN2O2. The molecule has 5 heteroatoms. The molecule has 1 aromatic carbocycles. The minimum atomic E-state index is -0.359. The monoisotopic (exact) mass is 270 g/mol. The molecule has 80 valence electrons. The number of hydrogen-bond donors (Lipinski definition) is 1. The van der Waals surface area contributed by atoms with Crippen molar-refractivity contribution < 1.29 is 4.92 Å². The molecule has 0 radical (unpaired) electrons. The molecule has 0 atom stereocenters. The van der Waals surface area contributed by atoms with Gasteiger partial charge in [0, 0.05) is 17.1 Å². The summed E-state index contributed by atoms with van der Waals surface area (Å²) in [7, 11) is 0. The van der Waals surface area contributed by atoms with Crippen molar-refractivity contribution in [3.63, 3.8) is 0 Å². The smallest absolute Gasteiger partial charge is 0.292 e. The van der Waals surface area contributed by atoms with Crippen LogP contribution in [0.15, 0.2) is 22.7 Å². The molecule has 0 bridgehead atoms. The Morgan fingerprint density at radius 2 is 2.27 bits per heavy atom. The van der Waals surface area contributed by atoms with Gasteiger partial charge in [-0.05, 0) is 30.9 Å². The fraction of sp³-hybridized carbons (Fsp3) is 0.400. The van der Waals surface area contributed by atoms with Gasteiger partial charge in [0.15, 0.2) is 0 Å². The molecule has 4 nitrogen and oxygen atoms in total. The van der Waals surface area contributed by atoms with E-state index >= 15 is 0 Å². The molecule has 0 aromatic heterocycles. The molecule has 0 saturated heterocycles. The Bertz CT molecular complexity index is 391. The number of hydrogen-bond acceptors (Lipinski definition) is 3. The lowest BCUT2D eigenvalue weighted by Gasteiger charge is -2.06. The van der Waals surface area contributed by atoms with Crippen LogP contribution in [0, 0.1) is 16.0 Å². The molecule has 0 heterocycles. The van der Waals surface area contributed by atoms with Crippen LogP contribution in [-0.4, -0.2) is 11.5 Å². The largest absolute Gasteiger partial charge is 0.379 e. The van der Waals surface area contributed by atoms with Gasteiger partial charge in [0.2, 0.25) is 0 Å². The van der Waals surface area contributed by atoms with Gasteiger partial charge in [-0.1, -0.05) is 15.9 Å². The molecule has 1 fully saturated rings. The zero-order valence-corrected chi connectivity index (χ0v) is 9.66. The molecule has 0 unspecified atom stereocenters. The number of halogens is 1. The van der Waals surface area contributed by atoms with Gasteiger partial charge in [0.05, 0.1) is 4.92 Å². The number of nitro groups is 1. The highest BCUT2D eigenvalue weighted by Crippen LogP contribution is 2.32. The van der Waals surface area contributed by atoms with E-state index in [2.05, 4.69) is 21.2 Å².